The van der Waals surface area contributed by atoms with Crippen molar-refractivity contribution in [3.63, 3.8) is 0 Å². The molecule has 0 radical (unpaired) electrons. The summed E-state index contributed by atoms with van der Waals surface area (Å²) in [7, 11) is 0. The van der Waals surface area contributed by atoms with Crippen molar-refractivity contribution in [1.82, 2.24) is 5.32 Å². The number of para-hydroxylation sites is 2. The Kier molecular flexibility index (Phi) is 6.72. The number of halogens is 3. The lowest BCUT2D eigenvalue weighted by atomic mass is 9.98. The van der Waals surface area contributed by atoms with Gasteiger partial charge in [-0.25, -0.2) is 4.79 Å². The molecule has 10 heteroatoms. The summed E-state index contributed by atoms with van der Waals surface area (Å²) in [4.78, 5) is 37.0. The fourth-order valence-corrected chi connectivity index (χ4v) is 3.36. The first-order valence-electron chi connectivity index (χ1n) is 10.4. The summed E-state index contributed by atoms with van der Waals surface area (Å²) in [6.07, 6.45) is -5.55. The third kappa shape index (κ3) is 5.60. The number of carbonyl (C=O) groups is 3. The number of amides is 2. The Labute approximate surface area is 197 Å². The van der Waals surface area contributed by atoms with E-state index in [9.17, 15) is 27.6 Å². The predicted molar refractivity (Wildman–Crippen MR) is 117 cm³/mol. The lowest BCUT2D eigenvalue weighted by molar-refractivity contribution is -0.138. The molecule has 1 aliphatic rings. The van der Waals surface area contributed by atoms with Crippen molar-refractivity contribution in [2.75, 3.05) is 13.2 Å². The highest BCUT2D eigenvalue weighted by molar-refractivity contribution is 6.01. The normalized spacial score (nSPS) is 14.7. The molecule has 1 heterocycles. The van der Waals surface area contributed by atoms with E-state index in [1.165, 1.54) is 18.2 Å². The van der Waals surface area contributed by atoms with Gasteiger partial charge in [-0.2, -0.15) is 13.2 Å². The average Bonchev–Trinajstić information content (AvgIpc) is 2.86. The summed E-state index contributed by atoms with van der Waals surface area (Å²) < 4.78 is 54.5. The Morgan fingerprint density at radius 1 is 0.914 bits per heavy atom. The monoisotopic (exact) mass is 485 g/mol. The molecule has 4 rings (SSSR count). The fourth-order valence-electron chi connectivity index (χ4n) is 3.36. The largest absolute Gasteiger partial charge is 0.485 e. The number of nitrogens with one attached hydrogen (secondary N) is 1. The lowest BCUT2D eigenvalue weighted by Crippen LogP contribution is -2.47. The van der Waals surface area contributed by atoms with E-state index >= 15 is 0 Å². The van der Waals surface area contributed by atoms with Crippen LogP contribution in [0.2, 0.25) is 0 Å². The van der Waals surface area contributed by atoms with Crippen molar-refractivity contribution in [3.05, 3.63) is 83.9 Å². The number of esters is 1. The van der Waals surface area contributed by atoms with Gasteiger partial charge in [-0.1, -0.05) is 42.5 Å². The van der Waals surface area contributed by atoms with Crippen LogP contribution in [-0.4, -0.2) is 37.1 Å². The van der Waals surface area contributed by atoms with Gasteiger partial charge >= 0.3 is 12.1 Å². The van der Waals surface area contributed by atoms with Crippen LogP contribution in [0.1, 0.15) is 15.9 Å². The van der Waals surface area contributed by atoms with Crippen LogP contribution in [0.5, 0.6) is 11.5 Å². The van der Waals surface area contributed by atoms with E-state index in [4.69, 9.17) is 14.2 Å². The highest BCUT2D eigenvalue weighted by atomic mass is 19.4. The Morgan fingerprint density at radius 2 is 1.57 bits per heavy atom. The topological polar surface area (TPSA) is 90.9 Å². The van der Waals surface area contributed by atoms with Crippen LogP contribution in [0.3, 0.4) is 0 Å². The Morgan fingerprint density at radius 3 is 2.29 bits per heavy atom. The molecular formula is C25H18F3NO6. The van der Waals surface area contributed by atoms with E-state index in [1.54, 1.807) is 42.5 Å². The summed E-state index contributed by atoms with van der Waals surface area (Å²) in [6.45, 7) is -0.855. The maximum atomic E-state index is 12.8. The number of carbonyl (C=O) groups excluding carboxylic acids is 3. The zero-order valence-electron chi connectivity index (χ0n) is 18.0. The third-order valence-corrected chi connectivity index (χ3v) is 5.07. The van der Waals surface area contributed by atoms with Crippen LogP contribution in [0.15, 0.2) is 72.8 Å². The van der Waals surface area contributed by atoms with E-state index in [0.717, 1.165) is 12.1 Å². The molecule has 7 nitrogen and oxygen atoms in total. The van der Waals surface area contributed by atoms with Crippen LogP contribution in [0.25, 0.3) is 11.1 Å². The first-order chi connectivity index (χ1) is 16.7. The Balaban J connectivity index is 1.36. The van der Waals surface area contributed by atoms with E-state index in [1.807, 2.05) is 0 Å². The minimum Gasteiger partial charge on any atom is -0.485 e. The Bertz CT molecular complexity index is 1260. The molecule has 3 aromatic rings. The first-order valence-corrected chi connectivity index (χ1v) is 10.4. The second-order valence-electron chi connectivity index (χ2n) is 7.47. The summed E-state index contributed by atoms with van der Waals surface area (Å²) in [5.74, 6) is -1.68. The van der Waals surface area contributed by atoms with Gasteiger partial charge in [0.25, 0.3) is 11.8 Å². The first kappa shape index (κ1) is 23.8. The number of alkyl halides is 3. The number of hydrogen-bond donors (Lipinski definition) is 1. The molecule has 0 spiro atoms. The van der Waals surface area contributed by atoms with Crippen LogP contribution in [-0.2, 0) is 20.5 Å². The number of rotatable bonds is 5. The fraction of sp³-hybridized carbons (Fsp3) is 0.160. The summed E-state index contributed by atoms with van der Waals surface area (Å²) in [6, 6.07) is 17.2. The van der Waals surface area contributed by atoms with Crippen molar-refractivity contribution >= 4 is 17.8 Å². The molecule has 180 valence electrons. The van der Waals surface area contributed by atoms with Crippen molar-refractivity contribution < 1.29 is 41.8 Å². The van der Waals surface area contributed by atoms with E-state index in [0.29, 0.717) is 22.6 Å². The molecule has 3 aromatic carbocycles. The second kappa shape index (κ2) is 9.88. The van der Waals surface area contributed by atoms with Crippen molar-refractivity contribution in [2.45, 2.75) is 12.3 Å². The highest BCUT2D eigenvalue weighted by Crippen LogP contribution is 2.32. The number of ether oxygens (including phenoxy) is 3. The molecule has 0 unspecified atom stereocenters. The predicted octanol–water partition coefficient (Wildman–Crippen LogP) is 4.01. The van der Waals surface area contributed by atoms with Gasteiger partial charge in [0.05, 0.1) is 11.1 Å². The number of hydrogen-bond acceptors (Lipinski definition) is 6. The van der Waals surface area contributed by atoms with E-state index in [2.05, 4.69) is 5.32 Å². The summed E-state index contributed by atoms with van der Waals surface area (Å²) in [5.41, 5.74) is -0.0838. The third-order valence-electron chi connectivity index (χ3n) is 5.07. The molecule has 1 aliphatic heterocycles. The standard InChI is InChI=1S/C25H18F3NO6/c26-25(27,28)16-11-9-15(10-12-16)17-5-1-2-6-18(17)24(32)34-14-22(30)29-23(31)21-13-33-19-7-3-4-8-20(19)35-21/h1-12,21H,13-14H2,(H,29,30,31)/t21-/m0/s1. The molecule has 1 N–H and O–H groups in total. The summed E-state index contributed by atoms with van der Waals surface area (Å²) in [5, 5.41) is 2.09. The van der Waals surface area contributed by atoms with Crippen LogP contribution < -0.4 is 14.8 Å². The summed E-state index contributed by atoms with van der Waals surface area (Å²) >= 11 is 0. The van der Waals surface area contributed by atoms with Crippen molar-refractivity contribution in [2.24, 2.45) is 0 Å². The van der Waals surface area contributed by atoms with Gasteiger partial charge in [0, 0.05) is 0 Å². The SMILES string of the molecule is O=C(COC(=O)c1ccccc1-c1ccc(C(F)(F)F)cc1)NC(=O)[C@@H]1COc2ccccc2O1. The molecule has 2 amide bonds. The van der Waals surface area contributed by atoms with Gasteiger partial charge in [0.1, 0.15) is 6.61 Å². The maximum Gasteiger partial charge on any atom is 0.416 e. The molecule has 0 bridgehead atoms. The molecule has 1 atom stereocenters. The van der Waals surface area contributed by atoms with E-state index in [-0.39, 0.29) is 12.2 Å². The smallest absolute Gasteiger partial charge is 0.416 e. The van der Waals surface area contributed by atoms with Crippen LogP contribution in [0.4, 0.5) is 13.2 Å². The molecule has 0 aliphatic carbocycles. The van der Waals surface area contributed by atoms with Crippen LogP contribution >= 0.6 is 0 Å². The lowest BCUT2D eigenvalue weighted by Gasteiger charge is -2.25. The van der Waals surface area contributed by atoms with Gasteiger partial charge in [0.2, 0.25) is 6.10 Å². The zero-order chi connectivity index (χ0) is 25.0. The molecule has 35 heavy (non-hydrogen) atoms. The quantitative estimate of drug-likeness (QED) is 0.550. The number of benzene rings is 3. The Hall–Kier alpha value is -4.34. The van der Waals surface area contributed by atoms with Gasteiger partial charge in [0.15, 0.2) is 18.1 Å². The molecule has 0 fully saturated rings. The molecule has 0 saturated heterocycles. The van der Waals surface area contributed by atoms with Gasteiger partial charge < -0.3 is 14.2 Å². The van der Waals surface area contributed by atoms with E-state index < -0.39 is 42.2 Å². The van der Waals surface area contributed by atoms with Gasteiger partial charge in [-0.05, 0) is 41.5 Å². The van der Waals surface area contributed by atoms with Crippen molar-refractivity contribution in [3.8, 4) is 22.6 Å². The molecular weight excluding hydrogens is 467 g/mol. The minimum absolute atomic E-state index is 0.0482. The number of fused-ring (bicyclic) bond motifs is 1. The number of imide groups is 1. The van der Waals surface area contributed by atoms with Crippen LogP contribution in [0, 0.1) is 0 Å². The highest BCUT2D eigenvalue weighted by Gasteiger charge is 2.30. The second-order valence-corrected chi connectivity index (χ2v) is 7.47. The van der Waals surface area contributed by atoms with Crippen molar-refractivity contribution in [1.29, 1.82) is 0 Å². The van der Waals surface area contributed by atoms with Gasteiger partial charge in [-0.15, -0.1) is 0 Å². The maximum absolute atomic E-state index is 12.8. The van der Waals surface area contributed by atoms with Gasteiger partial charge in [-0.3, -0.25) is 14.9 Å². The minimum atomic E-state index is -4.49. The average molecular weight is 485 g/mol. The zero-order valence-corrected chi connectivity index (χ0v) is 18.0. The molecule has 0 aromatic heterocycles. The molecule has 0 saturated carbocycles.